The molecule has 1 aromatic rings. The van der Waals surface area contributed by atoms with Crippen molar-refractivity contribution in [2.75, 3.05) is 53.8 Å². The van der Waals surface area contributed by atoms with E-state index in [0.717, 1.165) is 30.8 Å². The summed E-state index contributed by atoms with van der Waals surface area (Å²) in [6, 6.07) is 9.85. The van der Waals surface area contributed by atoms with Crippen molar-refractivity contribution in [2.24, 2.45) is 10.5 Å². The van der Waals surface area contributed by atoms with Gasteiger partial charge in [0, 0.05) is 38.3 Å². The van der Waals surface area contributed by atoms with Gasteiger partial charge in [0.1, 0.15) is 0 Å². The molecular formula is C33H61N5O3. The molecular weight excluding hydrogens is 514 g/mol. The van der Waals surface area contributed by atoms with Crippen LogP contribution in [0.1, 0.15) is 67.4 Å². The average molecular weight is 576 g/mol. The number of carbonyl (C=O) groups is 1. The van der Waals surface area contributed by atoms with E-state index in [4.69, 9.17) is 9.84 Å². The van der Waals surface area contributed by atoms with Crippen molar-refractivity contribution in [3.05, 3.63) is 73.0 Å². The van der Waals surface area contributed by atoms with Crippen LogP contribution in [0.4, 0.5) is 0 Å². The molecule has 8 nitrogen and oxygen atoms in total. The molecule has 1 saturated heterocycles. The summed E-state index contributed by atoms with van der Waals surface area (Å²) in [6.45, 7) is 26.7. The summed E-state index contributed by atoms with van der Waals surface area (Å²) >= 11 is 0. The van der Waals surface area contributed by atoms with Gasteiger partial charge in [-0.25, -0.2) is 0 Å². The third-order valence-corrected chi connectivity index (χ3v) is 5.16. The maximum Gasteiger partial charge on any atom is 0.227 e. The highest BCUT2D eigenvalue weighted by Gasteiger charge is 2.17. The predicted octanol–water partition coefficient (Wildman–Crippen LogP) is 5.83. The normalized spacial score (nSPS) is 12.8. The van der Waals surface area contributed by atoms with E-state index in [1.807, 2.05) is 70.1 Å². The maximum absolute atomic E-state index is 11.8. The predicted molar refractivity (Wildman–Crippen MR) is 178 cm³/mol. The van der Waals surface area contributed by atoms with E-state index in [0.29, 0.717) is 26.3 Å². The van der Waals surface area contributed by atoms with Crippen molar-refractivity contribution in [1.82, 2.24) is 20.5 Å². The Hall–Kier alpha value is -2.94. The fraction of sp³-hybridized carbons (Fsp3) is 0.576. The molecule has 1 aliphatic rings. The molecule has 8 heteroatoms. The monoisotopic (exact) mass is 575 g/mol. The summed E-state index contributed by atoms with van der Waals surface area (Å²) in [5.74, 6) is 0.199. The van der Waals surface area contributed by atoms with Gasteiger partial charge in [-0.15, -0.1) is 6.58 Å². The van der Waals surface area contributed by atoms with Crippen molar-refractivity contribution in [3.8, 4) is 0 Å². The zero-order valence-corrected chi connectivity index (χ0v) is 27.8. The van der Waals surface area contributed by atoms with Crippen molar-refractivity contribution in [2.45, 2.75) is 68.2 Å². The Kier molecular flexibility index (Phi) is 29.6. The third kappa shape index (κ3) is 25.8. The number of nitrogens with one attached hydrogen (secondary N) is 2. The molecule has 2 rings (SSSR count). The van der Waals surface area contributed by atoms with Crippen LogP contribution in [0.25, 0.3) is 0 Å². The van der Waals surface area contributed by atoms with E-state index in [1.165, 1.54) is 5.70 Å². The Morgan fingerprint density at radius 2 is 1.71 bits per heavy atom. The summed E-state index contributed by atoms with van der Waals surface area (Å²) in [5.41, 5.74) is 3.26. The number of morpholine rings is 1. The van der Waals surface area contributed by atoms with E-state index in [2.05, 4.69) is 69.6 Å². The number of benzene rings is 1. The second-order valence-corrected chi connectivity index (χ2v) is 9.77. The number of hydrazone groups is 1. The number of nitrogens with zero attached hydrogens (tertiary/aromatic N) is 3. The van der Waals surface area contributed by atoms with Crippen LogP contribution in [0.5, 0.6) is 0 Å². The van der Waals surface area contributed by atoms with Crippen LogP contribution in [-0.2, 0) is 16.0 Å². The fourth-order valence-electron chi connectivity index (χ4n) is 3.03. The van der Waals surface area contributed by atoms with E-state index in [1.54, 1.807) is 17.2 Å². The highest BCUT2D eigenvalue weighted by Crippen LogP contribution is 2.17. The minimum absolute atomic E-state index is 0.00474. The zero-order chi connectivity index (χ0) is 32.1. The molecule has 0 bridgehead atoms. The number of aliphatic hydroxyl groups is 1. The quantitative estimate of drug-likeness (QED) is 0.149. The lowest BCUT2D eigenvalue weighted by atomic mass is 9.90. The first-order chi connectivity index (χ1) is 19.5. The van der Waals surface area contributed by atoms with Crippen LogP contribution < -0.4 is 10.6 Å². The highest BCUT2D eigenvalue weighted by molar-refractivity contribution is 5.98. The number of ether oxygens (including phenoxy) is 1. The molecule has 0 aromatic heterocycles. The Bertz CT molecular complexity index is 827. The second kappa shape index (κ2) is 28.6. The number of hydrogen-bond donors (Lipinski definition) is 3. The van der Waals surface area contributed by atoms with Gasteiger partial charge >= 0.3 is 0 Å². The highest BCUT2D eigenvalue weighted by atomic mass is 16.5. The van der Waals surface area contributed by atoms with Crippen LogP contribution in [0.15, 0.2) is 72.5 Å². The van der Waals surface area contributed by atoms with Crippen LogP contribution in [-0.4, -0.2) is 80.4 Å². The molecule has 236 valence electrons. The summed E-state index contributed by atoms with van der Waals surface area (Å²) in [4.78, 5) is 13.7. The molecule has 1 heterocycles. The van der Waals surface area contributed by atoms with Gasteiger partial charge in [-0.3, -0.25) is 15.1 Å². The number of hydrogen-bond acceptors (Lipinski definition) is 7. The summed E-state index contributed by atoms with van der Waals surface area (Å²) in [7, 11) is 3.78. The molecule has 1 fully saturated rings. The first kappa shape index (κ1) is 42.5. The Morgan fingerprint density at radius 3 is 2.10 bits per heavy atom. The van der Waals surface area contributed by atoms with Crippen LogP contribution >= 0.6 is 0 Å². The fourth-order valence-corrected chi connectivity index (χ4v) is 3.03. The molecule has 1 aromatic carbocycles. The summed E-state index contributed by atoms with van der Waals surface area (Å²) < 4.78 is 5.21. The van der Waals surface area contributed by atoms with E-state index in [9.17, 15) is 4.79 Å². The molecule has 0 saturated carbocycles. The molecule has 0 radical (unpaired) electrons. The first-order valence-electron chi connectivity index (χ1n) is 14.6. The Morgan fingerprint density at radius 1 is 1.17 bits per heavy atom. The molecule has 3 N–H and O–H groups in total. The van der Waals surface area contributed by atoms with E-state index >= 15 is 0 Å². The second-order valence-electron chi connectivity index (χ2n) is 9.77. The van der Waals surface area contributed by atoms with Crippen molar-refractivity contribution >= 4 is 11.6 Å². The van der Waals surface area contributed by atoms with Gasteiger partial charge < -0.3 is 20.1 Å². The van der Waals surface area contributed by atoms with Gasteiger partial charge in [-0.1, -0.05) is 90.6 Å². The van der Waals surface area contributed by atoms with E-state index < -0.39 is 0 Å². The minimum Gasteiger partial charge on any atom is -0.392 e. The summed E-state index contributed by atoms with van der Waals surface area (Å²) in [5, 5.41) is 20.5. The minimum atomic E-state index is -0.0429. The van der Waals surface area contributed by atoms with E-state index in [-0.39, 0.29) is 18.1 Å². The zero-order valence-electron chi connectivity index (χ0n) is 27.8. The number of carbonyl (C=O) groups excluding carboxylic acids is 1. The van der Waals surface area contributed by atoms with Gasteiger partial charge in [-0.05, 0) is 31.9 Å². The number of amides is 1. The molecule has 0 spiro atoms. The first-order valence-corrected chi connectivity index (χ1v) is 14.6. The van der Waals surface area contributed by atoms with Gasteiger partial charge in [0.25, 0.3) is 0 Å². The lowest BCUT2D eigenvalue weighted by Gasteiger charge is -2.26. The number of allylic oxidation sites excluding steroid dienone is 4. The van der Waals surface area contributed by atoms with Crippen molar-refractivity contribution in [1.29, 1.82) is 0 Å². The van der Waals surface area contributed by atoms with Crippen molar-refractivity contribution < 1.29 is 14.6 Å². The largest absolute Gasteiger partial charge is 0.392 e. The lowest BCUT2D eigenvalue weighted by Crippen LogP contribution is -2.41. The average Bonchev–Trinajstić information content (AvgIpc) is 2.97. The SMILES string of the molecule is C=C/C(=N\N(C)CNCO)C(C)(C)C.C=CC.CC.CC/C=C(\C)NC.O=C(Cc1ccccc1)N1CCOCC1. The molecule has 0 aliphatic carbocycles. The maximum atomic E-state index is 11.8. The van der Waals surface area contributed by atoms with Crippen LogP contribution in [0.2, 0.25) is 0 Å². The Balaban J connectivity index is -0.000000514. The van der Waals surface area contributed by atoms with Gasteiger partial charge in [0.15, 0.2) is 0 Å². The molecule has 1 aliphatic heterocycles. The standard InChI is InChI=1S/C12H15NO2.C10H21N3O.C6H13N.C3H6.C2H6/c14-12(13-6-8-15-9-7-13)10-11-4-2-1-3-5-11;1-6-9(10(2,3)4)12-13(5)7-11-8-14;1-4-5-6(2)7-3;1-3-2;1-2/h1-5H,6-10H2;6,11,14H,1,7-8H2,2-5H3;5,7H,4H2,1-3H3;3H,1H2,2H3;1-2H3/b;12-9+;6-5+;;. The molecule has 0 unspecified atom stereocenters. The van der Waals surface area contributed by atoms with Gasteiger partial charge in [0.05, 0.1) is 38.7 Å². The summed E-state index contributed by atoms with van der Waals surface area (Å²) in [6.07, 6.45) is 7.28. The third-order valence-electron chi connectivity index (χ3n) is 5.16. The van der Waals surface area contributed by atoms with Crippen LogP contribution in [0, 0.1) is 5.41 Å². The van der Waals surface area contributed by atoms with Crippen molar-refractivity contribution in [3.63, 3.8) is 0 Å². The van der Waals surface area contributed by atoms with Gasteiger partial charge in [0.2, 0.25) is 5.91 Å². The number of rotatable bonds is 9. The molecule has 1 amide bonds. The smallest absolute Gasteiger partial charge is 0.227 e. The number of aliphatic hydroxyl groups excluding tert-OH is 1. The van der Waals surface area contributed by atoms with Gasteiger partial charge in [-0.2, -0.15) is 5.10 Å². The topological polar surface area (TPSA) is 89.4 Å². The molecule has 41 heavy (non-hydrogen) atoms. The van der Waals surface area contributed by atoms with Crippen LogP contribution in [0.3, 0.4) is 0 Å². The Labute approximate surface area is 252 Å². The molecule has 0 atom stereocenters. The lowest BCUT2D eigenvalue weighted by molar-refractivity contribution is -0.134.